The van der Waals surface area contributed by atoms with Gasteiger partial charge >= 0.3 is 6.01 Å². The summed E-state index contributed by atoms with van der Waals surface area (Å²) in [7, 11) is 0. The Bertz CT molecular complexity index is 545. The van der Waals surface area contributed by atoms with E-state index in [-0.39, 0.29) is 23.4 Å². The van der Waals surface area contributed by atoms with Gasteiger partial charge in [0.2, 0.25) is 11.2 Å². The Morgan fingerprint density at radius 2 is 2.15 bits per heavy atom. The fourth-order valence-electron chi connectivity index (χ4n) is 1.65. The maximum absolute atomic E-state index is 5.88. The van der Waals surface area contributed by atoms with Crippen molar-refractivity contribution in [3.63, 3.8) is 0 Å². The quantitative estimate of drug-likeness (QED) is 0.852. The summed E-state index contributed by atoms with van der Waals surface area (Å²) in [6.07, 6.45) is 4.26. The number of hydrogen-bond donors (Lipinski definition) is 2. The van der Waals surface area contributed by atoms with Crippen LogP contribution in [0.1, 0.15) is 39.1 Å². The van der Waals surface area contributed by atoms with Crippen molar-refractivity contribution in [3.05, 3.63) is 23.5 Å². The van der Waals surface area contributed by atoms with Crippen LogP contribution in [0, 0.1) is 0 Å². The predicted octanol–water partition coefficient (Wildman–Crippen LogP) is 2.60. The highest BCUT2D eigenvalue weighted by Crippen LogP contribution is 2.19. The molecule has 2 aromatic heterocycles. The van der Waals surface area contributed by atoms with Gasteiger partial charge in [-0.25, -0.2) is 4.98 Å². The molecule has 2 aromatic rings. The second-order valence-corrected chi connectivity index (χ2v) is 4.79. The molecule has 2 N–H and O–H groups in total. The van der Waals surface area contributed by atoms with Crippen LogP contribution in [-0.2, 0) is 0 Å². The van der Waals surface area contributed by atoms with Crippen LogP contribution in [0.4, 0.5) is 5.95 Å². The Kier molecular flexibility index (Phi) is 4.73. The second kappa shape index (κ2) is 6.51. The number of H-pyrrole nitrogens is 1. The van der Waals surface area contributed by atoms with Crippen molar-refractivity contribution >= 4 is 17.5 Å². The molecule has 0 aliphatic rings. The monoisotopic (exact) mass is 296 g/mol. The molecule has 2 heterocycles. The van der Waals surface area contributed by atoms with Crippen molar-refractivity contribution in [2.45, 2.75) is 39.3 Å². The fraction of sp³-hybridized carbons (Fsp3) is 0.500. The molecule has 0 aromatic carbocycles. The van der Waals surface area contributed by atoms with Crippen LogP contribution in [0.5, 0.6) is 6.01 Å². The predicted molar refractivity (Wildman–Crippen MR) is 75.8 cm³/mol. The summed E-state index contributed by atoms with van der Waals surface area (Å²) in [5.41, 5.74) is 0. The highest BCUT2D eigenvalue weighted by molar-refractivity contribution is 6.28. The molecule has 0 spiro atoms. The molecule has 8 heteroatoms. The molecule has 0 amide bonds. The smallest absolute Gasteiger partial charge is 0.322 e. The molecule has 108 valence electrons. The third-order valence-corrected chi connectivity index (χ3v) is 2.66. The lowest BCUT2D eigenvalue weighted by Crippen LogP contribution is -2.15. The number of nitrogens with one attached hydrogen (secondary N) is 2. The molecule has 0 aliphatic carbocycles. The van der Waals surface area contributed by atoms with Gasteiger partial charge in [-0.3, -0.25) is 0 Å². The minimum absolute atomic E-state index is 0.0321. The highest BCUT2D eigenvalue weighted by Gasteiger charge is 2.15. The first kappa shape index (κ1) is 14.5. The first-order valence-corrected chi connectivity index (χ1v) is 6.80. The Morgan fingerprint density at radius 3 is 2.75 bits per heavy atom. The van der Waals surface area contributed by atoms with E-state index in [1.165, 1.54) is 0 Å². The Balaban J connectivity index is 2.17. The Hall–Kier alpha value is -1.89. The van der Waals surface area contributed by atoms with E-state index in [0.29, 0.717) is 5.95 Å². The average molecular weight is 297 g/mol. The minimum Gasteiger partial charge on any atom is -0.461 e. The molecule has 0 saturated carbocycles. The van der Waals surface area contributed by atoms with Crippen LogP contribution < -0.4 is 10.1 Å². The molecular formula is C12H17ClN6O. The minimum atomic E-state index is -0.0339. The topological polar surface area (TPSA) is 88.6 Å². The van der Waals surface area contributed by atoms with E-state index in [0.717, 1.165) is 12.2 Å². The van der Waals surface area contributed by atoms with Gasteiger partial charge in [-0.05, 0) is 31.9 Å². The first-order valence-electron chi connectivity index (χ1n) is 6.42. The molecule has 0 bridgehead atoms. The van der Waals surface area contributed by atoms with E-state index in [1.807, 2.05) is 20.8 Å². The number of imidazole rings is 1. The zero-order valence-electron chi connectivity index (χ0n) is 11.6. The summed E-state index contributed by atoms with van der Waals surface area (Å²) < 4.78 is 5.43. The van der Waals surface area contributed by atoms with Crippen LogP contribution in [0.2, 0.25) is 5.28 Å². The van der Waals surface area contributed by atoms with Crippen molar-refractivity contribution < 1.29 is 4.74 Å². The van der Waals surface area contributed by atoms with Crippen LogP contribution in [0.25, 0.3) is 0 Å². The van der Waals surface area contributed by atoms with Crippen molar-refractivity contribution in [2.75, 3.05) is 5.32 Å². The van der Waals surface area contributed by atoms with Gasteiger partial charge in [-0.1, -0.05) is 6.92 Å². The third kappa shape index (κ3) is 3.80. The van der Waals surface area contributed by atoms with E-state index < -0.39 is 0 Å². The summed E-state index contributed by atoms with van der Waals surface area (Å²) in [5.74, 6) is 1.18. The van der Waals surface area contributed by atoms with Crippen molar-refractivity contribution in [2.24, 2.45) is 0 Å². The van der Waals surface area contributed by atoms with Gasteiger partial charge in [0.25, 0.3) is 0 Å². The summed E-state index contributed by atoms with van der Waals surface area (Å²) in [5, 5.41) is 3.26. The van der Waals surface area contributed by atoms with Gasteiger partial charge < -0.3 is 15.0 Å². The third-order valence-electron chi connectivity index (χ3n) is 2.49. The molecule has 0 radical (unpaired) electrons. The first-order chi connectivity index (χ1) is 9.58. The molecule has 0 aliphatic heterocycles. The maximum Gasteiger partial charge on any atom is 0.322 e. The van der Waals surface area contributed by atoms with Crippen molar-refractivity contribution in [1.29, 1.82) is 0 Å². The number of aromatic amines is 1. The molecule has 20 heavy (non-hydrogen) atoms. The van der Waals surface area contributed by atoms with E-state index in [2.05, 4.69) is 30.2 Å². The van der Waals surface area contributed by atoms with Gasteiger partial charge in [0, 0.05) is 12.4 Å². The molecule has 0 saturated heterocycles. The van der Waals surface area contributed by atoms with Crippen molar-refractivity contribution in [3.8, 4) is 6.01 Å². The number of hydrogen-bond acceptors (Lipinski definition) is 6. The Labute approximate surface area is 122 Å². The van der Waals surface area contributed by atoms with Crippen LogP contribution in [0.15, 0.2) is 12.4 Å². The van der Waals surface area contributed by atoms with Crippen LogP contribution >= 0.6 is 11.6 Å². The van der Waals surface area contributed by atoms with E-state index >= 15 is 0 Å². The SMILES string of the molecule is CCC(Nc1nc(Cl)nc(OC(C)C)n1)c1ncc[nH]1. The molecule has 0 fully saturated rings. The van der Waals surface area contributed by atoms with Gasteiger partial charge in [0.1, 0.15) is 5.82 Å². The second-order valence-electron chi connectivity index (χ2n) is 4.46. The van der Waals surface area contributed by atoms with Crippen LogP contribution in [0.3, 0.4) is 0 Å². The van der Waals surface area contributed by atoms with Crippen molar-refractivity contribution in [1.82, 2.24) is 24.9 Å². The summed E-state index contributed by atoms with van der Waals surface area (Å²) in [6, 6.07) is 0.173. The summed E-state index contributed by atoms with van der Waals surface area (Å²) in [6.45, 7) is 5.82. The van der Waals surface area contributed by atoms with Gasteiger partial charge in [-0.15, -0.1) is 0 Å². The molecule has 1 atom stereocenters. The standard InChI is InChI=1S/C12H17ClN6O/c1-4-8(9-14-5-6-15-9)16-11-17-10(13)18-12(19-11)20-7(2)3/h5-8H,4H2,1-3H3,(H,14,15)(H,16,17,18,19). The zero-order valence-corrected chi connectivity index (χ0v) is 12.3. The molecule has 7 nitrogen and oxygen atoms in total. The Morgan fingerprint density at radius 1 is 1.35 bits per heavy atom. The van der Waals surface area contributed by atoms with E-state index in [9.17, 15) is 0 Å². The average Bonchev–Trinajstić information content (AvgIpc) is 2.88. The molecule has 1 unspecified atom stereocenters. The lowest BCUT2D eigenvalue weighted by molar-refractivity contribution is 0.222. The zero-order chi connectivity index (χ0) is 14.5. The van der Waals surface area contributed by atoms with Gasteiger partial charge in [-0.2, -0.15) is 15.0 Å². The molecular weight excluding hydrogens is 280 g/mol. The number of anilines is 1. The highest BCUT2D eigenvalue weighted by atomic mass is 35.5. The van der Waals surface area contributed by atoms with E-state index in [4.69, 9.17) is 16.3 Å². The molecule has 2 rings (SSSR count). The lowest BCUT2D eigenvalue weighted by Gasteiger charge is -2.15. The van der Waals surface area contributed by atoms with Gasteiger partial charge in [0.15, 0.2) is 0 Å². The maximum atomic E-state index is 5.88. The van der Waals surface area contributed by atoms with Gasteiger partial charge in [0.05, 0.1) is 12.1 Å². The number of rotatable bonds is 6. The normalized spacial score (nSPS) is 12.4. The number of ether oxygens (including phenoxy) is 1. The number of nitrogens with zero attached hydrogens (tertiary/aromatic N) is 4. The lowest BCUT2D eigenvalue weighted by atomic mass is 10.2. The van der Waals surface area contributed by atoms with Crippen LogP contribution in [-0.4, -0.2) is 31.0 Å². The number of aromatic nitrogens is 5. The summed E-state index contributed by atoms with van der Waals surface area (Å²) in [4.78, 5) is 19.5. The largest absolute Gasteiger partial charge is 0.461 e. The number of halogens is 1. The summed E-state index contributed by atoms with van der Waals surface area (Å²) >= 11 is 5.88. The fourth-order valence-corrected chi connectivity index (χ4v) is 1.80. The van der Waals surface area contributed by atoms with E-state index in [1.54, 1.807) is 12.4 Å².